The Labute approximate surface area is 150 Å². The first kappa shape index (κ1) is 16.7. The molecule has 0 bridgehead atoms. The maximum atomic E-state index is 12.8. The van der Waals surface area contributed by atoms with Crippen LogP contribution < -0.4 is 0 Å². The second-order valence-electron chi connectivity index (χ2n) is 5.98. The van der Waals surface area contributed by atoms with Gasteiger partial charge in [-0.25, -0.2) is 13.4 Å². The number of sulfonamides is 1. The van der Waals surface area contributed by atoms with Gasteiger partial charge < -0.3 is 9.72 Å². The number of rotatable bonds is 3. The number of fused-ring (bicyclic) bond motifs is 1. The van der Waals surface area contributed by atoms with Crippen molar-refractivity contribution in [3.05, 3.63) is 48.3 Å². The van der Waals surface area contributed by atoms with Gasteiger partial charge in [-0.05, 0) is 23.8 Å². The van der Waals surface area contributed by atoms with Crippen molar-refractivity contribution in [2.45, 2.75) is 4.90 Å². The molecule has 1 fully saturated rings. The minimum absolute atomic E-state index is 0.242. The second kappa shape index (κ2) is 6.53. The van der Waals surface area contributed by atoms with Crippen molar-refractivity contribution in [3.63, 3.8) is 0 Å². The smallest absolute Gasteiger partial charge is 0.243 e. The molecule has 0 atom stereocenters. The van der Waals surface area contributed by atoms with Crippen LogP contribution in [0, 0.1) is 11.3 Å². The number of nitrogens with zero attached hydrogens (tertiary/aromatic N) is 3. The highest BCUT2D eigenvalue weighted by atomic mass is 32.2. The van der Waals surface area contributed by atoms with Gasteiger partial charge in [-0.2, -0.15) is 9.57 Å². The SMILES string of the molecule is N#Cc1c[nH]c2ncc(-c3cccc(S(=O)(=O)N4CCOCC4)c3)cc12. The molecule has 132 valence electrons. The van der Waals surface area contributed by atoms with Crippen LogP contribution in [0.5, 0.6) is 0 Å². The molecule has 0 aliphatic carbocycles. The summed E-state index contributed by atoms with van der Waals surface area (Å²) in [4.78, 5) is 7.52. The van der Waals surface area contributed by atoms with E-state index >= 15 is 0 Å². The summed E-state index contributed by atoms with van der Waals surface area (Å²) in [6, 6.07) is 10.8. The summed E-state index contributed by atoms with van der Waals surface area (Å²) in [5.74, 6) is 0. The van der Waals surface area contributed by atoms with Crippen molar-refractivity contribution in [1.29, 1.82) is 5.26 Å². The van der Waals surface area contributed by atoms with Gasteiger partial charge in [0.1, 0.15) is 11.7 Å². The molecule has 1 saturated heterocycles. The topological polar surface area (TPSA) is 99.1 Å². The highest BCUT2D eigenvalue weighted by Crippen LogP contribution is 2.27. The maximum Gasteiger partial charge on any atom is 0.243 e. The molecule has 1 aliphatic heterocycles. The Balaban J connectivity index is 1.75. The van der Waals surface area contributed by atoms with Crippen LogP contribution in [0.25, 0.3) is 22.2 Å². The lowest BCUT2D eigenvalue weighted by Gasteiger charge is -2.26. The Morgan fingerprint density at radius 3 is 2.77 bits per heavy atom. The number of aromatic nitrogens is 2. The summed E-state index contributed by atoms with van der Waals surface area (Å²) in [5.41, 5.74) is 2.63. The lowest BCUT2D eigenvalue weighted by atomic mass is 10.1. The molecule has 0 radical (unpaired) electrons. The van der Waals surface area contributed by atoms with Crippen molar-refractivity contribution < 1.29 is 13.2 Å². The fourth-order valence-electron chi connectivity index (χ4n) is 3.03. The maximum absolute atomic E-state index is 12.8. The number of ether oxygens (including phenoxy) is 1. The number of morpholine rings is 1. The summed E-state index contributed by atoms with van der Waals surface area (Å²) < 4.78 is 32.4. The first-order valence-corrected chi connectivity index (χ1v) is 9.59. The van der Waals surface area contributed by atoms with Crippen LogP contribution in [0.4, 0.5) is 0 Å². The van der Waals surface area contributed by atoms with Gasteiger partial charge in [0.05, 0.1) is 23.7 Å². The molecule has 3 heterocycles. The average Bonchev–Trinajstić information content (AvgIpc) is 3.11. The molecule has 0 unspecified atom stereocenters. The molecule has 0 saturated carbocycles. The molecule has 7 nitrogen and oxygen atoms in total. The molecule has 26 heavy (non-hydrogen) atoms. The third-order valence-corrected chi connectivity index (χ3v) is 6.32. The van der Waals surface area contributed by atoms with Gasteiger partial charge in [0.25, 0.3) is 0 Å². The number of benzene rings is 1. The van der Waals surface area contributed by atoms with Crippen LogP contribution in [-0.2, 0) is 14.8 Å². The molecule has 0 amide bonds. The van der Waals surface area contributed by atoms with Crippen LogP contribution in [-0.4, -0.2) is 49.0 Å². The Bertz CT molecular complexity index is 1110. The molecule has 2 aromatic heterocycles. The van der Waals surface area contributed by atoms with E-state index in [1.54, 1.807) is 30.6 Å². The fraction of sp³-hybridized carbons (Fsp3) is 0.222. The predicted octanol–water partition coefficient (Wildman–Crippen LogP) is 2.12. The Morgan fingerprint density at radius 2 is 2.00 bits per heavy atom. The van der Waals surface area contributed by atoms with E-state index in [9.17, 15) is 13.7 Å². The van der Waals surface area contributed by atoms with Crippen LogP contribution in [0.2, 0.25) is 0 Å². The highest BCUT2D eigenvalue weighted by Gasteiger charge is 2.26. The zero-order valence-corrected chi connectivity index (χ0v) is 14.7. The van der Waals surface area contributed by atoms with E-state index in [2.05, 4.69) is 16.0 Å². The normalized spacial score (nSPS) is 15.8. The quantitative estimate of drug-likeness (QED) is 0.763. The summed E-state index contributed by atoms with van der Waals surface area (Å²) in [6.45, 7) is 1.53. The Morgan fingerprint density at radius 1 is 1.19 bits per heavy atom. The van der Waals surface area contributed by atoms with Crippen molar-refractivity contribution in [2.24, 2.45) is 0 Å². The summed E-state index contributed by atoms with van der Waals surface area (Å²) >= 11 is 0. The molecule has 0 spiro atoms. The minimum Gasteiger partial charge on any atom is -0.379 e. The van der Waals surface area contributed by atoms with E-state index in [1.165, 1.54) is 4.31 Å². The van der Waals surface area contributed by atoms with E-state index < -0.39 is 10.0 Å². The van der Waals surface area contributed by atoms with Gasteiger partial charge in [-0.15, -0.1) is 0 Å². The average molecular weight is 368 g/mol. The second-order valence-corrected chi connectivity index (χ2v) is 7.92. The van der Waals surface area contributed by atoms with Gasteiger partial charge in [0.15, 0.2) is 0 Å². The van der Waals surface area contributed by atoms with E-state index in [4.69, 9.17) is 4.74 Å². The van der Waals surface area contributed by atoms with Crippen molar-refractivity contribution in [3.8, 4) is 17.2 Å². The van der Waals surface area contributed by atoms with Gasteiger partial charge in [0.2, 0.25) is 10.0 Å². The van der Waals surface area contributed by atoms with Crippen LogP contribution >= 0.6 is 0 Å². The fourth-order valence-corrected chi connectivity index (χ4v) is 4.48. The van der Waals surface area contributed by atoms with E-state index in [1.807, 2.05) is 12.1 Å². The number of pyridine rings is 1. The highest BCUT2D eigenvalue weighted by molar-refractivity contribution is 7.89. The lowest BCUT2D eigenvalue weighted by molar-refractivity contribution is 0.0730. The Hall–Kier alpha value is -2.73. The van der Waals surface area contributed by atoms with E-state index in [-0.39, 0.29) is 4.90 Å². The van der Waals surface area contributed by atoms with Crippen molar-refractivity contribution in [1.82, 2.24) is 14.3 Å². The van der Waals surface area contributed by atoms with Crippen LogP contribution in [0.3, 0.4) is 0 Å². The molecular weight excluding hydrogens is 352 g/mol. The summed E-state index contributed by atoms with van der Waals surface area (Å²) in [5, 5.41) is 9.90. The van der Waals surface area contributed by atoms with Gasteiger partial charge in [-0.3, -0.25) is 0 Å². The zero-order chi connectivity index (χ0) is 18.1. The summed E-state index contributed by atoms with van der Waals surface area (Å²) in [6.07, 6.45) is 3.28. The monoisotopic (exact) mass is 368 g/mol. The van der Waals surface area contributed by atoms with Crippen LogP contribution in [0.1, 0.15) is 5.56 Å². The van der Waals surface area contributed by atoms with Crippen LogP contribution in [0.15, 0.2) is 47.6 Å². The lowest BCUT2D eigenvalue weighted by Crippen LogP contribution is -2.40. The number of nitriles is 1. The number of nitrogens with one attached hydrogen (secondary N) is 1. The minimum atomic E-state index is -3.56. The van der Waals surface area contributed by atoms with E-state index in [0.29, 0.717) is 42.9 Å². The molecular formula is C18H16N4O3S. The molecule has 1 N–H and O–H groups in total. The summed E-state index contributed by atoms with van der Waals surface area (Å²) in [7, 11) is -3.56. The standard InChI is InChI=1S/C18H16N4O3S/c19-10-15-12-21-18-17(15)9-14(11-20-18)13-2-1-3-16(8-13)26(23,24)22-4-6-25-7-5-22/h1-3,8-9,11-12H,4-7H2,(H,20,21). The van der Waals surface area contributed by atoms with Crippen molar-refractivity contribution >= 4 is 21.1 Å². The molecule has 8 heteroatoms. The number of hydrogen-bond donors (Lipinski definition) is 1. The van der Waals surface area contributed by atoms with E-state index in [0.717, 1.165) is 11.1 Å². The van der Waals surface area contributed by atoms with Gasteiger partial charge in [-0.1, -0.05) is 12.1 Å². The number of H-pyrrole nitrogens is 1. The molecule has 1 aromatic carbocycles. The van der Waals surface area contributed by atoms with Gasteiger partial charge >= 0.3 is 0 Å². The molecule has 1 aliphatic rings. The first-order valence-electron chi connectivity index (χ1n) is 8.15. The van der Waals surface area contributed by atoms with Crippen molar-refractivity contribution in [2.75, 3.05) is 26.3 Å². The third kappa shape index (κ3) is 2.86. The third-order valence-electron chi connectivity index (χ3n) is 4.43. The number of aromatic amines is 1. The molecule has 4 rings (SSSR count). The Kier molecular flexibility index (Phi) is 4.20. The molecule has 3 aromatic rings. The largest absolute Gasteiger partial charge is 0.379 e. The zero-order valence-electron chi connectivity index (χ0n) is 13.8. The van der Waals surface area contributed by atoms with Gasteiger partial charge in [0, 0.05) is 36.4 Å². The predicted molar refractivity (Wildman–Crippen MR) is 95.8 cm³/mol. The number of hydrogen-bond acceptors (Lipinski definition) is 5. The first-order chi connectivity index (χ1) is 12.6.